The molecule has 0 atom stereocenters. The third kappa shape index (κ3) is 2.85. The normalized spacial score (nSPS) is 22.5. The summed E-state index contributed by atoms with van der Waals surface area (Å²) in [4.78, 5) is 6.80. The first kappa shape index (κ1) is 16.1. The Kier molecular flexibility index (Phi) is 3.87. The van der Waals surface area contributed by atoms with Crippen LogP contribution >= 0.6 is 0 Å². The molecule has 1 spiro atoms. The Bertz CT molecular complexity index is 793. The molecule has 1 saturated carbocycles. The minimum Gasteiger partial charge on any atom is -0.462 e. The van der Waals surface area contributed by atoms with Crippen LogP contribution in [-0.4, -0.2) is 34.8 Å². The van der Waals surface area contributed by atoms with E-state index in [-0.39, 0.29) is 0 Å². The zero-order valence-electron chi connectivity index (χ0n) is 15.0. The van der Waals surface area contributed by atoms with Gasteiger partial charge in [0, 0.05) is 49.3 Å². The zero-order chi connectivity index (χ0) is 17.6. The number of piperidine rings is 1. The van der Waals surface area contributed by atoms with E-state index >= 15 is 0 Å². The minimum absolute atomic E-state index is 0.433. The lowest BCUT2D eigenvalue weighted by molar-refractivity contribution is -0.231. The highest BCUT2D eigenvalue weighted by atomic mass is 16.7. The molecule has 2 aromatic rings. The fourth-order valence-electron chi connectivity index (χ4n) is 4.21. The summed E-state index contributed by atoms with van der Waals surface area (Å²) >= 11 is 0. The van der Waals surface area contributed by atoms with E-state index < -0.39 is 5.79 Å². The average Bonchev–Trinajstić information content (AvgIpc) is 2.63. The van der Waals surface area contributed by atoms with Crippen molar-refractivity contribution in [1.29, 1.82) is 0 Å². The first-order valence-electron chi connectivity index (χ1n) is 9.63. The summed E-state index contributed by atoms with van der Waals surface area (Å²) in [6, 6.07) is 10.9. The van der Waals surface area contributed by atoms with Crippen LogP contribution in [0.3, 0.4) is 0 Å². The number of nitrogens with zero attached hydrogens (tertiary/aromatic N) is 2. The van der Waals surface area contributed by atoms with E-state index in [0.29, 0.717) is 12.4 Å². The van der Waals surface area contributed by atoms with Crippen molar-refractivity contribution in [2.45, 2.75) is 50.5 Å². The Balaban J connectivity index is 1.31. The largest absolute Gasteiger partial charge is 0.462 e. The summed E-state index contributed by atoms with van der Waals surface area (Å²) in [6.07, 6.45) is 7.82. The fraction of sp³-hybridized carbons (Fsp3) is 0.476. The van der Waals surface area contributed by atoms with Crippen LogP contribution in [-0.2, 0) is 11.3 Å². The Hall–Kier alpha value is -2.11. The van der Waals surface area contributed by atoms with Gasteiger partial charge in [0.25, 0.3) is 0 Å². The van der Waals surface area contributed by atoms with Crippen molar-refractivity contribution in [3.05, 3.63) is 42.1 Å². The second kappa shape index (κ2) is 6.25. The molecule has 2 N–H and O–H groups in total. The van der Waals surface area contributed by atoms with Crippen LogP contribution in [0.15, 0.2) is 36.5 Å². The molecule has 0 bridgehead atoms. The van der Waals surface area contributed by atoms with E-state index in [1.807, 2.05) is 12.1 Å². The van der Waals surface area contributed by atoms with Gasteiger partial charge in [-0.2, -0.15) is 0 Å². The molecule has 3 aliphatic rings. The molecule has 0 amide bonds. The molecule has 5 heteroatoms. The third-order valence-corrected chi connectivity index (χ3v) is 6.12. The predicted molar refractivity (Wildman–Crippen MR) is 101 cm³/mol. The molecule has 3 heterocycles. The number of benzene rings is 1. The maximum atomic E-state index is 6.37. The van der Waals surface area contributed by atoms with Gasteiger partial charge in [-0.25, -0.2) is 4.98 Å². The molecule has 1 aliphatic carbocycles. The lowest BCUT2D eigenvalue weighted by Crippen LogP contribution is -2.54. The van der Waals surface area contributed by atoms with Gasteiger partial charge < -0.3 is 15.2 Å². The molecule has 5 nitrogen and oxygen atoms in total. The smallest absolute Gasteiger partial charge is 0.213 e. The van der Waals surface area contributed by atoms with E-state index in [2.05, 4.69) is 28.1 Å². The lowest BCUT2D eigenvalue weighted by Gasteiger charge is -2.47. The summed E-state index contributed by atoms with van der Waals surface area (Å²) < 4.78 is 12.6. The zero-order valence-corrected chi connectivity index (χ0v) is 15.0. The Labute approximate surface area is 154 Å². The van der Waals surface area contributed by atoms with E-state index in [0.717, 1.165) is 54.4 Å². The Morgan fingerprint density at radius 1 is 1.08 bits per heavy atom. The number of anilines is 1. The van der Waals surface area contributed by atoms with Crippen LogP contribution in [0.25, 0.3) is 11.1 Å². The van der Waals surface area contributed by atoms with E-state index in [9.17, 15) is 0 Å². The molecule has 1 aromatic heterocycles. The Morgan fingerprint density at radius 3 is 2.58 bits per heavy atom. The van der Waals surface area contributed by atoms with Crippen LogP contribution < -0.4 is 10.5 Å². The van der Waals surface area contributed by atoms with Crippen LogP contribution in [0, 0.1) is 0 Å². The third-order valence-electron chi connectivity index (χ3n) is 6.12. The summed E-state index contributed by atoms with van der Waals surface area (Å²) in [5, 5.41) is 0. The fourth-order valence-corrected chi connectivity index (χ4v) is 4.21. The van der Waals surface area contributed by atoms with Gasteiger partial charge in [-0.1, -0.05) is 12.5 Å². The summed E-state index contributed by atoms with van der Waals surface area (Å²) in [5.74, 6) is 1.06. The van der Waals surface area contributed by atoms with Crippen molar-refractivity contribution >= 4 is 5.82 Å². The highest BCUT2D eigenvalue weighted by Gasteiger charge is 2.42. The molecule has 1 saturated heterocycles. The van der Waals surface area contributed by atoms with Gasteiger partial charge in [0.1, 0.15) is 11.6 Å². The van der Waals surface area contributed by atoms with Gasteiger partial charge >= 0.3 is 0 Å². The maximum absolute atomic E-state index is 6.37. The first-order valence-corrected chi connectivity index (χ1v) is 9.63. The number of fused-ring (bicyclic) bond motifs is 1. The van der Waals surface area contributed by atoms with Crippen molar-refractivity contribution in [2.75, 3.05) is 18.8 Å². The quantitative estimate of drug-likeness (QED) is 0.896. The maximum Gasteiger partial charge on any atom is 0.213 e. The molecular formula is C21H25N3O2. The van der Waals surface area contributed by atoms with Gasteiger partial charge in [-0.05, 0) is 42.7 Å². The summed E-state index contributed by atoms with van der Waals surface area (Å²) in [6.45, 7) is 2.76. The van der Waals surface area contributed by atoms with E-state index in [1.165, 1.54) is 19.3 Å². The van der Waals surface area contributed by atoms with Crippen molar-refractivity contribution < 1.29 is 9.47 Å². The second-order valence-electron chi connectivity index (χ2n) is 7.72. The van der Waals surface area contributed by atoms with Gasteiger partial charge in [0.15, 0.2) is 0 Å². The van der Waals surface area contributed by atoms with Gasteiger partial charge in [-0.15, -0.1) is 0 Å². The van der Waals surface area contributed by atoms with Crippen LogP contribution in [0.5, 0.6) is 5.75 Å². The number of hydrogen-bond donors (Lipinski definition) is 1. The number of likely N-dealkylation sites (tertiary alicyclic amines) is 1. The first-order chi connectivity index (χ1) is 12.7. The summed E-state index contributed by atoms with van der Waals surface area (Å²) in [7, 11) is 0. The standard InChI is InChI=1S/C21H25N3O2/c22-20-7-5-16(13-23-20)15-4-6-19-17(12-15)14-25-21(26-19)8-10-24(11-9-21)18-2-1-3-18/h4-7,12-13,18H,1-3,8-11,14H2,(H2,22,23). The molecule has 1 aromatic carbocycles. The number of pyridine rings is 1. The van der Waals surface area contributed by atoms with Crippen LogP contribution in [0.2, 0.25) is 0 Å². The van der Waals surface area contributed by atoms with Crippen LogP contribution in [0.1, 0.15) is 37.7 Å². The number of aromatic nitrogens is 1. The molecular weight excluding hydrogens is 326 g/mol. The molecule has 0 unspecified atom stereocenters. The molecule has 5 rings (SSSR count). The topological polar surface area (TPSA) is 60.6 Å². The van der Waals surface area contributed by atoms with Gasteiger partial charge in [-0.3, -0.25) is 4.90 Å². The average molecular weight is 351 g/mol. The molecule has 136 valence electrons. The van der Waals surface area contributed by atoms with Gasteiger partial charge in [0.05, 0.1) is 6.61 Å². The van der Waals surface area contributed by atoms with Crippen molar-refractivity contribution in [2.24, 2.45) is 0 Å². The number of nitrogens with two attached hydrogens (primary N) is 1. The monoisotopic (exact) mass is 351 g/mol. The number of nitrogen functional groups attached to an aromatic ring is 1. The second-order valence-corrected chi connectivity index (χ2v) is 7.72. The van der Waals surface area contributed by atoms with Crippen molar-refractivity contribution in [1.82, 2.24) is 9.88 Å². The van der Waals surface area contributed by atoms with E-state index in [1.54, 1.807) is 6.20 Å². The lowest BCUT2D eigenvalue weighted by atomic mass is 9.89. The molecule has 0 radical (unpaired) electrons. The Morgan fingerprint density at radius 2 is 1.88 bits per heavy atom. The van der Waals surface area contributed by atoms with Gasteiger partial charge in [0.2, 0.25) is 5.79 Å². The predicted octanol–water partition coefficient (Wildman–Crippen LogP) is 3.58. The number of hydrogen-bond acceptors (Lipinski definition) is 5. The molecule has 26 heavy (non-hydrogen) atoms. The highest BCUT2D eigenvalue weighted by Crippen LogP contribution is 2.40. The summed E-state index contributed by atoms with van der Waals surface area (Å²) in [5.41, 5.74) is 8.95. The SMILES string of the molecule is Nc1ccc(-c2ccc3c(c2)COC2(CCN(C4CCC4)CC2)O3)cn1. The highest BCUT2D eigenvalue weighted by molar-refractivity contribution is 5.65. The minimum atomic E-state index is -0.433. The molecule has 2 fully saturated rings. The van der Waals surface area contributed by atoms with E-state index in [4.69, 9.17) is 15.2 Å². The van der Waals surface area contributed by atoms with Crippen molar-refractivity contribution in [3.8, 4) is 16.9 Å². The van der Waals surface area contributed by atoms with Crippen molar-refractivity contribution in [3.63, 3.8) is 0 Å². The number of rotatable bonds is 2. The molecule has 2 aliphatic heterocycles. The van der Waals surface area contributed by atoms with Crippen LogP contribution in [0.4, 0.5) is 5.82 Å². The number of ether oxygens (including phenoxy) is 2.